The summed E-state index contributed by atoms with van der Waals surface area (Å²) in [4.78, 5) is -1.21. The molecule has 0 aliphatic rings. The van der Waals surface area contributed by atoms with E-state index >= 15 is 0 Å². The van der Waals surface area contributed by atoms with Crippen LogP contribution in [0, 0.1) is 0 Å². The molecule has 0 radical (unpaired) electrons. The molecule has 0 aliphatic carbocycles. The van der Waals surface area contributed by atoms with E-state index in [1.54, 1.807) is 0 Å². The van der Waals surface area contributed by atoms with Crippen LogP contribution in [0.2, 0.25) is 0 Å². The van der Waals surface area contributed by atoms with Crippen molar-refractivity contribution in [1.29, 1.82) is 0 Å². The number of hydrogen-bond donors (Lipinski definition) is 1. The van der Waals surface area contributed by atoms with Crippen LogP contribution in [-0.2, 0) is 10.1 Å². The van der Waals surface area contributed by atoms with Gasteiger partial charge in [0.05, 0.1) is 4.90 Å². The van der Waals surface area contributed by atoms with E-state index in [-0.39, 0.29) is 24.3 Å². The summed E-state index contributed by atoms with van der Waals surface area (Å²) in [5, 5.41) is 9.31. The summed E-state index contributed by atoms with van der Waals surface area (Å²) in [6.45, 7) is 0. The van der Waals surface area contributed by atoms with Crippen molar-refractivity contribution in [3.8, 4) is 5.75 Å². The first-order valence-corrected chi connectivity index (χ1v) is 8.96. The average Bonchev–Trinajstić information content (AvgIpc) is 2.57. The first kappa shape index (κ1) is 29.5. The highest BCUT2D eigenvalue weighted by molar-refractivity contribution is 7.85. The lowest BCUT2D eigenvalue weighted by Gasteiger charge is -2.39. The van der Waals surface area contributed by atoms with Crippen molar-refractivity contribution in [3.63, 3.8) is 0 Å². The Morgan fingerprint density at radius 2 is 0.971 bits per heavy atom. The minimum atomic E-state index is -7.83. The molecule has 0 heterocycles. The first-order valence-electron chi connectivity index (χ1n) is 7.55. The molecule has 0 spiro atoms. The minimum Gasteiger partial charge on any atom is -0.744 e. The van der Waals surface area contributed by atoms with E-state index in [4.69, 9.17) is 0 Å². The number of benzene rings is 1. The van der Waals surface area contributed by atoms with E-state index < -0.39 is 68.3 Å². The van der Waals surface area contributed by atoms with Crippen LogP contribution in [0.3, 0.4) is 0 Å². The molecule has 0 bridgehead atoms. The summed E-state index contributed by atoms with van der Waals surface area (Å²) >= 11 is 0. The monoisotopic (exact) mass is 551 g/mol. The highest BCUT2D eigenvalue weighted by Gasteiger charge is 2.87. The number of rotatable bonds is 5. The van der Waals surface area contributed by atoms with Crippen LogP contribution in [0.25, 0.3) is 0 Å². The van der Waals surface area contributed by atoms with E-state index in [0.29, 0.717) is 0 Å². The molecule has 0 aliphatic heterocycles. The molecular weight excluding hydrogens is 546 g/mol. The third kappa shape index (κ3) is 4.96. The fraction of sp³-hybridized carbons (Fsp3) is 0.429. The van der Waals surface area contributed by atoms with E-state index in [1.807, 2.05) is 0 Å². The molecule has 0 saturated heterocycles. The van der Waals surface area contributed by atoms with Gasteiger partial charge in [-0.15, -0.1) is 0 Å². The summed E-state index contributed by atoms with van der Waals surface area (Å²) in [7, 11) is -5.28. The van der Waals surface area contributed by atoms with Crippen molar-refractivity contribution in [2.45, 2.75) is 40.9 Å². The molecule has 5 nitrogen and oxygen atoms in total. The first-order chi connectivity index (χ1) is 14.7. The molecule has 1 aromatic carbocycles. The summed E-state index contributed by atoms with van der Waals surface area (Å²) in [6, 6.07) is 0.301. The number of hydrogen-bond acceptors (Lipinski definition) is 5. The average molecular weight is 551 g/mol. The molecule has 0 unspecified atom stereocenters. The highest BCUT2D eigenvalue weighted by Crippen LogP contribution is 2.61. The number of allylic oxidation sites excluding steroid dienone is 1. The van der Waals surface area contributed by atoms with Crippen molar-refractivity contribution in [1.82, 2.24) is 0 Å². The second-order valence-corrected chi connectivity index (χ2v) is 7.40. The second kappa shape index (κ2) is 8.31. The summed E-state index contributed by atoms with van der Waals surface area (Å²) in [6.07, 6.45) is -31.1. The molecule has 0 aromatic heterocycles. The van der Waals surface area contributed by atoms with Crippen LogP contribution in [0.1, 0.15) is 0 Å². The SMILES string of the molecule is O=S(=O)([O-])c1ccc(OC(O)=C(C(F)(C(F)(F)F)C(F)(F)F)C(F)(C(F)(F)F)C(F)(F)F)cc1. The molecule has 1 aromatic rings. The molecule has 1 rings (SSSR count). The van der Waals surface area contributed by atoms with E-state index in [0.717, 1.165) is 0 Å². The van der Waals surface area contributed by atoms with Gasteiger partial charge in [-0.25, -0.2) is 17.2 Å². The Bertz CT molecular complexity index is 963. The molecule has 0 fully saturated rings. The van der Waals surface area contributed by atoms with Crippen molar-refractivity contribution in [2.24, 2.45) is 0 Å². The molecule has 1 N–H and O–H groups in total. The Morgan fingerprint density at radius 1 is 0.676 bits per heavy atom. The van der Waals surface area contributed by atoms with Gasteiger partial charge in [0.2, 0.25) is 0 Å². The third-order valence-corrected chi connectivity index (χ3v) is 4.64. The molecular formula is C14H5F14O5S-. The van der Waals surface area contributed by atoms with Crippen molar-refractivity contribution < 1.29 is 84.3 Å². The summed E-state index contributed by atoms with van der Waals surface area (Å²) in [5.41, 5.74) is -20.7. The van der Waals surface area contributed by atoms with Gasteiger partial charge < -0.3 is 14.4 Å². The topological polar surface area (TPSA) is 86.7 Å². The smallest absolute Gasteiger partial charge is 0.436 e. The van der Waals surface area contributed by atoms with Crippen molar-refractivity contribution >= 4 is 10.1 Å². The standard InChI is InChI=1S/C14H6F14O5S/c15-9(11(17,18)19,12(20,21)22)7(10(16,13(23,24)25)14(26,27)28)8(29)33-5-1-3-6(4-2-5)34(30,31)32/h1-4,29H,(H,30,31,32)/p-1. The van der Waals surface area contributed by atoms with Gasteiger partial charge >= 0.3 is 36.0 Å². The van der Waals surface area contributed by atoms with E-state index in [9.17, 15) is 79.5 Å². The van der Waals surface area contributed by atoms with E-state index in [1.165, 1.54) is 0 Å². The highest BCUT2D eigenvalue weighted by atomic mass is 32.2. The van der Waals surface area contributed by atoms with Crippen molar-refractivity contribution in [2.75, 3.05) is 0 Å². The lowest BCUT2D eigenvalue weighted by molar-refractivity contribution is -0.365. The van der Waals surface area contributed by atoms with Crippen LogP contribution >= 0.6 is 0 Å². The summed E-state index contributed by atoms with van der Waals surface area (Å²) in [5.74, 6) is -5.35. The van der Waals surface area contributed by atoms with E-state index in [2.05, 4.69) is 4.74 Å². The Morgan fingerprint density at radius 3 is 1.21 bits per heavy atom. The van der Waals surface area contributed by atoms with Crippen LogP contribution in [-0.4, -0.2) is 54.1 Å². The largest absolute Gasteiger partial charge is 0.744 e. The van der Waals surface area contributed by atoms with Gasteiger partial charge in [0.25, 0.3) is 5.95 Å². The maximum Gasteiger partial charge on any atom is 0.436 e. The van der Waals surface area contributed by atoms with Gasteiger partial charge in [-0.05, 0) is 24.3 Å². The van der Waals surface area contributed by atoms with Gasteiger partial charge in [0.15, 0.2) is 0 Å². The number of aliphatic hydroxyl groups excluding tert-OH is 1. The Balaban J connectivity index is 4.11. The zero-order chi connectivity index (χ0) is 27.3. The van der Waals surface area contributed by atoms with Crippen LogP contribution in [0.4, 0.5) is 61.5 Å². The lowest BCUT2D eigenvalue weighted by Crippen LogP contribution is -2.66. The quantitative estimate of drug-likeness (QED) is 0.301. The zero-order valence-electron chi connectivity index (χ0n) is 15.1. The number of aliphatic hydroxyl groups is 1. The Kier molecular flexibility index (Phi) is 7.21. The Labute approximate surface area is 178 Å². The zero-order valence-corrected chi connectivity index (χ0v) is 15.9. The Hall–Kier alpha value is -2.51. The number of ether oxygens (including phenoxy) is 1. The molecule has 0 atom stereocenters. The van der Waals surface area contributed by atoms with Crippen LogP contribution in [0.5, 0.6) is 5.75 Å². The van der Waals surface area contributed by atoms with Gasteiger partial charge in [-0.1, -0.05) is 0 Å². The molecule has 20 heteroatoms. The fourth-order valence-corrected chi connectivity index (χ4v) is 2.73. The maximum atomic E-state index is 14.3. The molecule has 196 valence electrons. The predicted molar refractivity (Wildman–Crippen MR) is 76.6 cm³/mol. The molecule has 0 saturated carbocycles. The number of alkyl halides is 14. The fourth-order valence-electron chi connectivity index (χ4n) is 2.26. The van der Waals surface area contributed by atoms with Crippen LogP contribution < -0.4 is 4.74 Å². The van der Waals surface area contributed by atoms with Gasteiger partial charge in [0.1, 0.15) is 21.4 Å². The summed E-state index contributed by atoms with van der Waals surface area (Å²) < 4.78 is 220. The van der Waals surface area contributed by atoms with Crippen molar-refractivity contribution in [3.05, 3.63) is 35.8 Å². The number of halogens is 14. The second-order valence-electron chi connectivity index (χ2n) is 6.02. The third-order valence-electron chi connectivity index (χ3n) is 3.79. The van der Waals surface area contributed by atoms with Gasteiger partial charge in [-0.2, -0.15) is 52.7 Å². The maximum absolute atomic E-state index is 14.3. The van der Waals surface area contributed by atoms with Gasteiger partial charge in [0, 0.05) is 0 Å². The van der Waals surface area contributed by atoms with Gasteiger partial charge in [-0.3, -0.25) is 0 Å². The normalized spacial score (nSPS) is 14.7. The molecule has 0 amide bonds. The molecule has 34 heavy (non-hydrogen) atoms. The predicted octanol–water partition coefficient (Wildman–Crippen LogP) is 5.40. The minimum absolute atomic E-state index is 0.0286. The lowest BCUT2D eigenvalue weighted by atomic mass is 9.81. The van der Waals surface area contributed by atoms with Crippen LogP contribution in [0.15, 0.2) is 40.7 Å².